The number of ether oxygens (including phenoxy) is 1. The molecule has 0 spiro atoms. The maximum atomic E-state index is 12.4. The van der Waals surface area contributed by atoms with Gasteiger partial charge in [0.05, 0.1) is 17.7 Å². The molecule has 0 heterocycles. The Morgan fingerprint density at radius 3 is 2.26 bits per heavy atom. The third-order valence-corrected chi connectivity index (χ3v) is 5.38. The van der Waals surface area contributed by atoms with Gasteiger partial charge in [0, 0.05) is 6.54 Å². The number of aryl methyl sites for hydroxylation is 1. The summed E-state index contributed by atoms with van der Waals surface area (Å²) in [6.07, 6.45) is -0.924. The first-order valence-electron chi connectivity index (χ1n) is 9.59. The van der Waals surface area contributed by atoms with E-state index in [1.165, 1.54) is 30.3 Å². The number of nitrogens with zero attached hydrogens (tertiary/aromatic N) is 1. The number of esters is 1. The maximum absolute atomic E-state index is 12.4. The van der Waals surface area contributed by atoms with Gasteiger partial charge in [0.25, 0.3) is 10.2 Å². The summed E-state index contributed by atoms with van der Waals surface area (Å²) in [6.45, 7) is 1.46. The Hall–Kier alpha value is -4.01. The number of nitrogens with two attached hydrogens (primary N) is 2. The number of hydrogen-bond acceptors (Lipinski definition) is 7. The van der Waals surface area contributed by atoms with Crippen LogP contribution in [0.4, 0.5) is 5.69 Å². The minimum absolute atomic E-state index is 0.116. The highest BCUT2D eigenvalue weighted by molar-refractivity contribution is 7.87. The van der Waals surface area contributed by atoms with Gasteiger partial charge in [0.1, 0.15) is 11.8 Å². The van der Waals surface area contributed by atoms with Crippen molar-refractivity contribution in [3.05, 3.63) is 59.2 Å². The molecule has 2 aromatic carbocycles. The lowest BCUT2D eigenvalue weighted by molar-refractivity contribution is -0.145. The fraction of sp³-hybridized carbons (Fsp3) is 0.200. The lowest BCUT2D eigenvalue weighted by Crippen LogP contribution is -2.47. The van der Waals surface area contributed by atoms with Gasteiger partial charge in [-0.2, -0.15) is 17.9 Å². The zero-order valence-corrected chi connectivity index (χ0v) is 18.7. The Morgan fingerprint density at radius 1 is 1.09 bits per heavy atom. The SMILES string of the molecule is Cc1cc(N=C(N)N)ccc1C(=O)Oc1ccc(CNS(=O)(=O)N[C@@H](CC(=O)O)C(=O)O)cc1. The molecule has 0 amide bonds. The van der Waals surface area contributed by atoms with Gasteiger partial charge in [-0.3, -0.25) is 9.59 Å². The Labute approximate surface area is 194 Å². The molecule has 0 aliphatic rings. The van der Waals surface area contributed by atoms with Crippen molar-refractivity contribution in [2.24, 2.45) is 16.5 Å². The summed E-state index contributed by atoms with van der Waals surface area (Å²) in [5.41, 5.74) is 12.5. The zero-order valence-electron chi connectivity index (χ0n) is 17.9. The molecule has 8 N–H and O–H groups in total. The molecule has 0 fully saturated rings. The highest BCUT2D eigenvalue weighted by Gasteiger charge is 2.26. The van der Waals surface area contributed by atoms with E-state index in [0.29, 0.717) is 22.4 Å². The first-order valence-corrected chi connectivity index (χ1v) is 11.1. The van der Waals surface area contributed by atoms with E-state index in [9.17, 15) is 22.8 Å². The van der Waals surface area contributed by atoms with E-state index >= 15 is 0 Å². The predicted molar refractivity (Wildman–Crippen MR) is 121 cm³/mol. The van der Waals surface area contributed by atoms with Crippen LogP contribution in [-0.2, 0) is 26.3 Å². The second-order valence-corrected chi connectivity index (χ2v) is 8.53. The maximum Gasteiger partial charge on any atom is 0.343 e. The van der Waals surface area contributed by atoms with Crippen molar-refractivity contribution in [1.29, 1.82) is 0 Å². The van der Waals surface area contributed by atoms with Crippen molar-refractivity contribution in [1.82, 2.24) is 9.44 Å². The van der Waals surface area contributed by atoms with Crippen molar-refractivity contribution in [2.45, 2.75) is 25.9 Å². The average molecular weight is 493 g/mol. The van der Waals surface area contributed by atoms with Gasteiger partial charge >= 0.3 is 17.9 Å². The van der Waals surface area contributed by atoms with Gasteiger partial charge in [-0.1, -0.05) is 12.1 Å². The highest BCUT2D eigenvalue weighted by atomic mass is 32.2. The molecule has 0 aliphatic carbocycles. The molecule has 34 heavy (non-hydrogen) atoms. The van der Waals surface area contributed by atoms with Crippen molar-refractivity contribution in [3.63, 3.8) is 0 Å². The van der Waals surface area contributed by atoms with E-state index in [4.69, 9.17) is 26.4 Å². The Morgan fingerprint density at radius 2 is 1.74 bits per heavy atom. The minimum atomic E-state index is -4.31. The number of guanidine groups is 1. The standard InChI is InChI=1S/C20H23N5O8S/c1-11-8-13(24-20(21)22)4-7-15(11)19(30)33-14-5-2-12(3-6-14)10-23-34(31,32)25-16(18(28)29)9-17(26)27/h2-8,16,23,25H,9-10H2,1H3,(H,26,27)(H,28,29)(H4,21,22,24)/t16-/m0/s1. The lowest BCUT2D eigenvalue weighted by Gasteiger charge is -2.13. The predicted octanol–water partition coefficient (Wildman–Crippen LogP) is -0.0290. The first kappa shape index (κ1) is 26.2. The third-order valence-electron chi connectivity index (χ3n) is 4.26. The molecular weight excluding hydrogens is 470 g/mol. The van der Waals surface area contributed by atoms with Crippen LogP contribution in [-0.4, -0.2) is 48.5 Å². The minimum Gasteiger partial charge on any atom is -0.481 e. The molecule has 0 aromatic heterocycles. The van der Waals surface area contributed by atoms with Crippen molar-refractivity contribution in [2.75, 3.05) is 0 Å². The van der Waals surface area contributed by atoms with E-state index < -0.39 is 40.6 Å². The van der Waals surface area contributed by atoms with Crippen LogP contribution in [0.5, 0.6) is 5.75 Å². The molecular formula is C20H23N5O8S. The molecule has 14 heteroatoms. The number of carbonyl (C=O) groups is 3. The monoisotopic (exact) mass is 493 g/mol. The van der Waals surface area contributed by atoms with E-state index in [-0.39, 0.29) is 18.3 Å². The number of nitrogens with one attached hydrogen (secondary N) is 2. The van der Waals surface area contributed by atoms with Crippen molar-refractivity contribution < 1.29 is 37.8 Å². The molecule has 0 bridgehead atoms. The molecule has 0 radical (unpaired) electrons. The summed E-state index contributed by atoms with van der Waals surface area (Å²) in [6, 6.07) is 8.74. The zero-order chi connectivity index (χ0) is 25.5. The number of benzene rings is 2. The molecule has 2 rings (SSSR count). The van der Waals surface area contributed by atoms with Crippen molar-refractivity contribution >= 4 is 39.8 Å². The van der Waals surface area contributed by atoms with Gasteiger partial charge in [0.2, 0.25) is 0 Å². The molecule has 0 saturated carbocycles. The topological polar surface area (TPSA) is 223 Å². The summed E-state index contributed by atoms with van der Waals surface area (Å²) in [4.78, 5) is 38.0. The molecule has 13 nitrogen and oxygen atoms in total. The summed E-state index contributed by atoms with van der Waals surface area (Å²) in [5, 5.41) is 17.6. The highest BCUT2D eigenvalue weighted by Crippen LogP contribution is 2.20. The van der Waals surface area contributed by atoms with E-state index in [1.807, 2.05) is 0 Å². The Kier molecular flexibility index (Phi) is 8.66. The summed E-state index contributed by atoms with van der Waals surface area (Å²) in [7, 11) is -4.31. The van der Waals surface area contributed by atoms with Crippen molar-refractivity contribution in [3.8, 4) is 5.75 Å². The second-order valence-electron chi connectivity index (χ2n) is 7.00. The van der Waals surface area contributed by atoms with Crippen LogP contribution in [0.3, 0.4) is 0 Å². The second kappa shape index (κ2) is 11.2. The number of rotatable bonds is 11. The quantitative estimate of drug-likeness (QED) is 0.106. The van der Waals surface area contributed by atoms with Crippen LogP contribution >= 0.6 is 0 Å². The molecule has 0 aliphatic heterocycles. The number of hydrogen-bond donors (Lipinski definition) is 6. The normalized spacial score (nSPS) is 11.9. The van der Waals surface area contributed by atoms with Gasteiger partial charge in [0.15, 0.2) is 5.96 Å². The summed E-state index contributed by atoms with van der Waals surface area (Å²) in [5.74, 6) is -3.63. The van der Waals surface area contributed by atoms with Gasteiger partial charge in [-0.15, -0.1) is 0 Å². The first-order chi connectivity index (χ1) is 15.9. The molecule has 2 aromatic rings. The Balaban J connectivity index is 1.99. The van der Waals surface area contributed by atoms with Gasteiger partial charge in [-0.25, -0.2) is 9.79 Å². The largest absolute Gasteiger partial charge is 0.481 e. The number of carboxylic acids is 2. The third kappa shape index (κ3) is 8.16. The Bertz CT molecular complexity index is 1210. The van der Waals surface area contributed by atoms with Crippen LogP contribution in [0.1, 0.15) is 27.9 Å². The van der Waals surface area contributed by atoms with E-state index in [1.54, 1.807) is 23.8 Å². The smallest absolute Gasteiger partial charge is 0.343 e. The number of carboxylic acid groups (broad SMARTS) is 2. The summed E-state index contributed by atoms with van der Waals surface area (Å²) >= 11 is 0. The van der Waals surface area contributed by atoms with Gasteiger partial charge in [-0.05, 0) is 48.4 Å². The van der Waals surface area contributed by atoms with Crippen LogP contribution in [0.2, 0.25) is 0 Å². The molecule has 182 valence electrons. The van der Waals surface area contributed by atoms with E-state index in [2.05, 4.69) is 9.71 Å². The van der Waals surface area contributed by atoms with Gasteiger partial charge < -0.3 is 26.4 Å². The average Bonchev–Trinajstić information content (AvgIpc) is 2.72. The fourth-order valence-corrected chi connectivity index (χ4v) is 3.69. The fourth-order valence-electron chi connectivity index (χ4n) is 2.69. The molecule has 0 unspecified atom stereocenters. The number of aliphatic carboxylic acids is 2. The van der Waals surface area contributed by atoms with E-state index in [0.717, 1.165) is 0 Å². The summed E-state index contributed by atoms with van der Waals surface area (Å²) < 4.78 is 33.2. The number of aliphatic imine (C=N–C) groups is 1. The van der Waals surface area contributed by atoms with Crippen LogP contribution < -0.4 is 25.6 Å². The molecule has 1 atom stereocenters. The lowest BCUT2D eigenvalue weighted by atomic mass is 10.1. The van der Waals surface area contributed by atoms with Crippen LogP contribution in [0, 0.1) is 6.92 Å². The number of carbonyl (C=O) groups excluding carboxylic acids is 1. The van der Waals surface area contributed by atoms with Crippen LogP contribution in [0.25, 0.3) is 0 Å². The molecule has 0 saturated heterocycles. The van der Waals surface area contributed by atoms with Crippen LogP contribution in [0.15, 0.2) is 47.5 Å².